The first kappa shape index (κ1) is 22.1. The molecule has 29 heavy (non-hydrogen) atoms. The highest BCUT2D eigenvalue weighted by molar-refractivity contribution is 9.10. The predicted octanol–water partition coefficient (Wildman–Crippen LogP) is 4.57. The van der Waals surface area contributed by atoms with Gasteiger partial charge in [-0.3, -0.25) is 14.9 Å². The van der Waals surface area contributed by atoms with E-state index in [1.54, 1.807) is 0 Å². The zero-order valence-corrected chi connectivity index (χ0v) is 16.0. The molecule has 0 saturated heterocycles. The molecule has 1 N–H and O–H groups in total. The molecular formula is C18H12BrF3N2O5. The summed E-state index contributed by atoms with van der Waals surface area (Å²) in [6, 6.07) is 7.83. The summed E-state index contributed by atoms with van der Waals surface area (Å²) in [5.41, 5.74) is -0.396. The molecule has 7 nitrogen and oxygen atoms in total. The van der Waals surface area contributed by atoms with E-state index in [9.17, 15) is 32.9 Å². The lowest BCUT2D eigenvalue weighted by Gasteiger charge is -2.07. The van der Waals surface area contributed by atoms with Gasteiger partial charge in [0.25, 0.3) is 11.6 Å². The van der Waals surface area contributed by atoms with Crippen molar-refractivity contribution in [3.05, 3.63) is 74.3 Å². The average molecular weight is 473 g/mol. The number of non-ortho nitro benzene ring substituents is 1. The van der Waals surface area contributed by atoms with Gasteiger partial charge in [0.1, 0.15) is 0 Å². The summed E-state index contributed by atoms with van der Waals surface area (Å²) in [4.78, 5) is 33.5. The van der Waals surface area contributed by atoms with Gasteiger partial charge in [0.15, 0.2) is 6.61 Å². The lowest BCUT2D eigenvalue weighted by Crippen LogP contribution is -2.20. The lowest BCUT2D eigenvalue weighted by molar-refractivity contribution is -0.384. The van der Waals surface area contributed by atoms with Crippen LogP contribution in [0.1, 0.15) is 11.1 Å². The molecule has 0 radical (unpaired) electrons. The number of alkyl halides is 3. The molecule has 0 aliphatic heterocycles. The van der Waals surface area contributed by atoms with Crippen molar-refractivity contribution in [1.29, 1.82) is 0 Å². The maximum Gasteiger partial charge on any atom is 0.416 e. The Morgan fingerprint density at radius 1 is 1.17 bits per heavy atom. The van der Waals surface area contributed by atoms with Gasteiger partial charge in [-0.15, -0.1) is 0 Å². The number of nitro benzene ring substituents is 1. The molecule has 152 valence electrons. The van der Waals surface area contributed by atoms with E-state index in [0.717, 1.165) is 18.2 Å². The van der Waals surface area contributed by atoms with Crippen molar-refractivity contribution >= 4 is 45.3 Å². The van der Waals surface area contributed by atoms with E-state index in [1.807, 2.05) is 0 Å². The molecule has 0 fully saturated rings. The Hall–Kier alpha value is -3.21. The Bertz CT molecular complexity index is 959. The maximum absolute atomic E-state index is 12.5. The number of nitrogens with one attached hydrogen (secondary N) is 1. The van der Waals surface area contributed by atoms with E-state index in [-0.39, 0.29) is 15.8 Å². The molecule has 1 amide bonds. The standard InChI is InChI=1S/C18H12BrF3N2O5/c19-14-9-13(24(27)28)6-7-15(14)23-16(25)10-29-17(26)8-3-11-1-4-12(5-2-11)18(20,21)22/h1-9H,10H2,(H,23,25)/b8-3+. The summed E-state index contributed by atoms with van der Waals surface area (Å²) < 4.78 is 42.5. The highest BCUT2D eigenvalue weighted by atomic mass is 79.9. The fourth-order valence-electron chi connectivity index (χ4n) is 2.04. The number of esters is 1. The summed E-state index contributed by atoms with van der Waals surface area (Å²) >= 11 is 3.08. The van der Waals surface area contributed by atoms with Crippen LogP contribution in [-0.4, -0.2) is 23.4 Å². The molecule has 0 bridgehead atoms. The van der Waals surface area contributed by atoms with E-state index in [0.29, 0.717) is 5.56 Å². The van der Waals surface area contributed by atoms with E-state index in [2.05, 4.69) is 21.2 Å². The maximum atomic E-state index is 12.5. The Labute approximate surface area is 170 Å². The Morgan fingerprint density at radius 3 is 2.38 bits per heavy atom. The van der Waals surface area contributed by atoms with Crippen LogP contribution in [0.4, 0.5) is 24.5 Å². The second-order valence-electron chi connectivity index (χ2n) is 5.53. The van der Waals surface area contributed by atoms with Crippen LogP contribution in [0.2, 0.25) is 0 Å². The molecule has 0 aliphatic carbocycles. The topological polar surface area (TPSA) is 98.5 Å². The van der Waals surface area contributed by atoms with Gasteiger partial charge in [-0.25, -0.2) is 4.79 Å². The normalized spacial score (nSPS) is 11.3. The van der Waals surface area contributed by atoms with Gasteiger partial charge >= 0.3 is 12.1 Å². The second kappa shape index (κ2) is 9.32. The Balaban J connectivity index is 1.86. The number of nitro groups is 1. The minimum Gasteiger partial charge on any atom is -0.452 e. The van der Waals surface area contributed by atoms with Crippen LogP contribution < -0.4 is 5.32 Å². The second-order valence-corrected chi connectivity index (χ2v) is 6.38. The Morgan fingerprint density at radius 2 is 1.83 bits per heavy atom. The van der Waals surface area contributed by atoms with Crippen molar-refractivity contribution in [3.8, 4) is 0 Å². The molecule has 0 heterocycles. The highest BCUT2D eigenvalue weighted by Gasteiger charge is 2.29. The first-order chi connectivity index (χ1) is 13.6. The summed E-state index contributed by atoms with van der Waals surface area (Å²) in [5.74, 6) is -1.56. The third-order valence-corrected chi connectivity index (χ3v) is 4.09. The minimum absolute atomic E-state index is 0.172. The van der Waals surface area contributed by atoms with Crippen LogP contribution in [0.15, 0.2) is 53.0 Å². The molecule has 0 aliphatic rings. The van der Waals surface area contributed by atoms with Crippen molar-refractivity contribution in [2.24, 2.45) is 0 Å². The number of benzene rings is 2. The summed E-state index contributed by atoms with van der Waals surface area (Å²) in [5, 5.41) is 13.1. The number of nitrogens with zero attached hydrogens (tertiary/aromatic N) is 1. The molecule has 0 aromatic heterocycles. The van der Waals surface area contributed by atoms with Crippen LogP contribution in [-0.2, 0) is 20.5 Å². The molecule has 0 saturated carbocycles. The number of ether oxygens (including phenoxy) is 1. The number of rotatable bonds is 6. The van der Waals surface area contributed by atoms with Crippen LogP contribution in [0.25, 0.3) is 6.08 Å². The van der Waals surface area contributed by atoms with Crippen LogP contribution in [0.3, 0.4) is 0 Å². The van der Waals surface area contributed by atoms with E-state index >= 15 is 0 Å². The van der Waals surface area contributed by atoms with Crippen molar-refractivity contribution in [2.75, 3.05) is 11.9 Å². The predicted molar refractivity (Wildman–Crippen MR) is 101 cm³/mol. The number of carbonyl (C=O) groups excluding carboxylic acids is 2. The van der Waals surface area contributed by atoms with Crippen molar-refractivity contribution in [1.82, 2.24) is 0 Å². The zero-order valence-electron chi connectivity index (χ0n) is 14.4. The largest absolute Gasteiger partial charge is 0.452 e. The van der Waals surface area contributed by atoms with Crippen LogP contribution in [0.5, 0.6) is 0 Å². The third kappa shape index (κ3) is 6.71. The first-order valence-electron chi connectivity index (χ1n) is 7.82. The summed E-state index contributed by atoms with van der Waals surface area (Å²) in [6.07, 6.45) is -2.24. The lowest BCUT2D eigenvalue weighted by atomic mass is 10.1. The fraction of sp³-hybridized carbons (Fsp3) is 0.111. The van der Waals surface area contributed by atoms with Gasteiger partial charge in [0.05, 0.1) is 16.2 Å². The summed E-state index contributed by atoms with van der Waals surface area (Å²) in [7, 11) is 0. The smallest absolute Gasteiger partial charge is 0.416 e. The average Bonchev–Trinajstić information content (AvgIpc) is 2.65. The number of anilines is 1. The van der Waals surface area contributed by atoms with Crippen LogP contribution in [0, 0.1) is 10.1 Å². The van der Waals surface area contributed by atoms with Gasteiger partial charge < -0.3 is 10.1 Å². The molecule has 2 aromatic rings. The van der Waals surface area contributed by atoms with Gasteiger partial charge in [0.2, 0.25) is 0 Å². The molecule has 0 spiro atoms. The third-order valence-electron chi connectivity index (χ3n) is 3.43. The number of hydrogen-bond acceptors (Lipinski definition) is 5. The molecule has 0 unspecified atom stereocenters. The van der Waals surface area contributed by atoms with Crippen molar-refractivity contribution in [3.63, 3.8) is 0 Å². The number of hydrogen-bond donors (Lipinski definition) is 1. The van der Waals surface area contributed by atoms with Crippen molar-refractivity contribution < 1.29 is 32.4 Å². The van der Waals surface area contributed by atoms with Gasteiger partial charge in [-0.2, -0.15) is 13.2 Å². The number of carbonyl (C=O) groups is 2. The number of amides is 1. The summed E-state index contributed by atoms with van der Waals surface area (Å²) in [6.45, 7) is -0.625. The molecular weight excluding hydrogens is 461 g/mol. The van der Waals surface area contributed by atoms with Gasteiger partial charge in [-0.1, -0.05) is 12.1 Å². The van der Waals surface area contributed by atoms with E-state index in [1.165, 1.54) is 36.4 Å². The highest BCUT2D eigenvalue weighted by Crippen LogP contribution is 2.29. The van der Waals surface area contributed by atoms with E-state index in [4.69, 9.17) is 4.74 Å². The fourth-order valence-corrected chi connectivity index (χ4v) is 2.50. The molecule has 11 heteroatoms. The molecule has 2 rings (SSSR count). The monoisotopic (exact) mass is 472 g/mol. The quantitative estimate of drug-likeness (QED) is 0.287. The minimum atomic E-state index is -4.45. The van der Waals surface area contributed by atoms with Gasteiger partial charge in [-0.05, 0) is 45.8 Å². The Kier molecular flexibility index (Phi) is 7.10. The molecule has 2 aromatic carbocycles. The van der Waals surface area contributed by atoms with Crippen LogP contribution >= 0.6 is 15.9 Å². The van der Waals surface area contributed by atoms with Crippen molar-refractivity contribution in [2.45, 2.75) is 6.18 Å². The SMILES string of the molecule is O=C(COC(=O)/C=C/c1ccc(C(F)(F)F)cc1)Nc1ccc([N+](=O)[O-])cc1Br. The molecule has 0 atom stereocenters. The number of halogens is 4. The zero-order chi connectivity index (χ0) is 21.6. The van der Waals surface area contributed by atoms with Gasteiger partial charge in [0, 0.05) is 22.7 Å². The first-order valence-corrected chi connectivity index (χ1v) is 8.61. The van der Waals surface area contributed by atoms with E-state index < -0.39 is 35.1 Å².